The van der Waals surface area contributed by atoms with Gasteiger partial charge in [-0.05, 0) is 42.5 Å². The zero-order valence-electron chi connectivity index (χ0n) is 13.8. The number of aromatic carboxylic acids is 1. The van der Waals surface area contributed by atoms with Gasteiger partial charge in [-0.3, -0.25) is 0 Å². The van der Waals surface area contributed by atoms with Gasteiger partial charge in [-0.25, -0.2) is 14.5 Å². The number of benzene rings is 2. The number of methoxy groups -OCH3 is 1. The summed E-state index contributed by atoms with van der Waals surface area (Å²) in [6.45, 7) is 0. The predicted molar refractivity (Wildman–Crippen MR) is 87.0 cm³/mol. The van der Waals surface area contributed by atoms with Crippen molar-refractivity contribution < 1.29 is 32.5 Å². The fraction of sp³-hybridized carbons (Fsp3) is 0.118. The zero-order valence-corrected chi connectivity index (χ0v) is 13.8. The largest absolute Gasteiger partial charge is 0.573 e. The maximum absolute atomic E-state index is 12.2. The van der Waals surface area contributed by atoms with Gasteiger partial charge in [0.25, 0.3) is 0 Å². The average molecular weight is 379 g/mol. The summed E-state index contributed by atoms with van der Waals surface area (Å²) < 4.78 is 46.8. The van der Waals surface area contributed by atoms with Gasteiger partial charge >= 0.3 is 12.3 Å². The van der Waals surface area contributed by atoms with Crippen LogP contribution < -0.4 is 9.47 Å². The highest BCUT2D eigenvalue weighted by Crippen LogP contribution is 2.26. The molecule has 27 heavy (non-hydrogen) atoms. The molecule has 1 N–H and O–H groups in total. The molecule has 3 aromatic rings. The molecule has 1 heterocycles. The van der Waals surface area contributed by atoms with E-state index in [-0.39, 0.29) is 17.1 Å². The number of carbonyl (C=O) groups is 1. The minimum absolute atomic E-state index is 0.000867. The number of ether oxygens (including phenoxy) is 2. The third-order valence-electron chi connectivity index (χ3n) is 3.52. The number of aromatic nitrogens is 3. The predicted octanol–water partition coefficient (Wildman–Crippen LogP) is 3.54. The molecule has 10 heteroatoms. The molecular weight excluding hydrogens is 367 g/mol. The highest BCUT2D eigenvalue weighted by atomic mass is 19.4. The average Bonchev–Trinajstić information content (AvgIpc) is 3.10. The maximum Gasteiger partial charge on any atom is 0.573 e. The first kappa shape index (κ1) is 18.2. The summed E-state index contributed by atoms with van der Waals surface area (Å²) in [5.41, 5.74) is 0.992. The Morgan fingerprint density at radius 3 is 2.44 bits per heavy atom. The van der Waals surface area contributed by atoms with Gasteiger partial charge in [0.05, 0.1) is 12.8 Å². The Kier molecular flexibility index (Phi) is 4.72. The molecule has 0 aliphatic rings. The number of carboxylic acid groups (broad SMARTS) is 1. The summed E-state index contributed by atoms with van der Waals surface area (Å²) in [5.74, 6) is -1.02. The first-order valence-electron chi connectivity index (χ1n) is 7.46. The summed E-state index contributed by atoms with van der Waals surface area (Å²) >= 11 is 0. The van der Waals surface area contributed by atoms with E-state index in [0.717, 1.165) is 12.1 Å². The highest BCUT2D eigenvalue weighted by molar-refractivity contribution is 5.91. The van der Waals surface area contributed by atoms with Crippen molar-refractivity contribution in [3.05, 3.63) is 54.4 Å². The number of alkyl halides is 3. The van der Waals surface area contributed by atoms with Crippen LogP contribution in [0.5, 0.6) is 11.5 Å². The van der Waals surface area contributed by atoms with Gasteiger partial charge in [-0.2, -0.15) is 0 Å². The monoisotopic (exact) mass is 379 g/mol. The summed E-state index contributed by atoms with van der Waals surface area (Å²) in [7, 11) is 1.35. The molecule has 0 amide bonds. The van der Waals surface area contributed by atoms with Gasteiger partial charge in [0, 0.05) is 5.56 Å². The molecule has 7 nitrogen and oxygen atoms in total. The molecule has 0 bridgehead atoms. The number of halogens is 3. The van der Waals surface area contributed by atoms with Crippen LogP contribution in [-0.4, -0.2) is 39.3 Å². The maximum atomic E-state index is 12.2. The molecule has 0 saturated heterocycles. The number of rotatable bonds is 5. The van der Waals surface area contributed by atoms with E-state index in [2.05, 4.69) is 14.8 Å². The summed E-state index contributed by atoms with van der Waals surface area (Å²) in [4.78, 5) is 15.3. The second-order valence-corrected chi connectivity index (χ2v) is 5.27. The van der Waals surface area contributed by atoms with Crippen molar-refractivity contribution in [3.8, 4) is 28.6 Å². The van der Waals surface area contributed by atoms with E-state index >= 15 is 0 Å². The second kappa shape index (κ2) is 6.98. The minimum atomic E-state index is -4.76. The van der Waals surface area contributed by atoms with Gasteiger partial charge in [0.15, 0.2) is 5.82 Å². The van der Waals surface area contributed by atoms with E-state index in [1.165, 1.54) is 48.5 Å². The van der Waals surface area contributed by atoms with Crippen molar-refractivity contribution in [3.63, 3.8) is 0 Å². The molecule has 0 aliphatic heterocycles. The molecule has 0 saturated carbocycles. The summed E-state index contributed by atoms with van der Waals surface area (Å²) in [5, 5.41) is 13.4. The van der Waals surface area contributed by atoms with Crippen LogP contribution in [0.3, 0.4) is 0 Å². The number of hydrogen-bond donors (Lipinski definition) is 1. The smallest absolute Gasteiger partial charge is 0.496 e. The lowest BCUT2D eigenvalue weighted by atomic mass is 10.1. The third kappa shape index (κ3) is 4.17. The van der Waals surface area contributed by atoms with Crippen molar-refractivity contribution >= 4 is 5.97 Å². The lowest BCUT2D eigenvalue weighted by Crippen LogP contribution is -2.17. The van der Waals surface area contributed by atoms with Gasteiger partial charge in [-0.1, -0.05) is 0 Å². The molecule has 0 unspecified atom stereocenters. The Morgan fingerprint density at radius 2 is 1.85 bits per heavy atom. The van der Waals surface area contributed by atoms with Gasteiger partial charge in [0.2, 0.25) is 0 Å². The molecule has 0 radical (unpaired) electrons. The van der Waals surface area contributed by atoms with Crippen LogP contribution in [0, 0.1) is 0 Å². The molecule has 140 valence electrons. The van der Waals surface area contributed by atoms with Crippen molar-refractivity contribution in [1.82, 2.24) is 14.8 Å². The number of nitrogens with zero attached hydrogens (tertiary/aromatic N) is 3. The van der Waals surface area contributed by atoms with Gasteiger partial charge in [0.1, 0.15) is 23.4 Å². The normalized spacial score (nSPS) is 11.3. The standard InChI is InChI=1S/C17H12F3N3O4/c1-26-14-8-10(2-7-13(14)16(24)25)15-21-9-23(22-15)11-3-5-12(6-4-11)27-17(18,19)20/h2-9H,1H3,(H,24,25). The van der Waals surface area contributed by atoms with E-state index in [1.807, 2.05) is 0 Å². The minimum Gasteiger partial charge on any atom is -0.496 e. The molecule has 1 aromatic heterocycles. The van der Waals surface area contributed by atoms with Crippen LogP contribution >= 0.6 is 0 Å². The van der Waals surface area contributed by atoms with Crippen LogP contribution in [0.1, 0.15) is 10.4 Å². The Bertz CT molecular complexity index is 968. The van der Waals surface area contributed by atoms with E-state index in [0.29, 0.717) is 17.1 Å². The topological polar surface area (TPSA) is 86.5 Å². The Labute approximate surface area is 150 Å². The first-order chi connectivity index (χ1) is 12.8. The molecule has 2 aromatic carbocycles. The van der Waals surface area contributed by atoms with Crippen molar-refractivity contribution in [2.45, 2.75) is 6.36 Å². The Morgan fingerprint density at radius 1 is 1.15 bits per heavy atom. The molecule has 0 atom stereocenters. The Hall–Kier alpha value is -3.56. The fourth-order valence-electron chi connectivity index (χ4n) is 2.33. The molecular formula is C17H12F3N3O4. The van der Waals surface area contributed by atoms with Crippen molar-refractivity contribution in [2.24, 2.45) is 0 Å². The zero-order chi connectivity index (χ0) is 19.6. The first-order valence-corrected chi connectivity index (χ1v) is 7.46. The SMILES string of the molecule is COc1cc(-c2ncn(-c3ccc(OC(F)(F)F)cc3)n2)ccc1C(=O)O. The molecule has 0 fully saturated rings. The van der Waals surface area contributed by atoms with Crippen LogP contribution in [0.25, 0.3) is 17.1 Å². The lowest BCUT2D eigenvalue weighted by Gasteiger charge is -2.09. The quantitative estimate of drug-likeness (QED) is 0.730. The molecule has 3 rings (SSSR count). The van der Waals surface area contributed by atoms with Crippen molar-refractivity contribution in [2.75, 3.05) is 7.11 Å². The Balaban J connectivity index is 1.86. The fourth-order valence-corrected chi connectivity index (χ4v) is 2.33. The van der Waals surface area contributed by atoms with Gasteiger partial charge in [-0.15, -0.1) is 18.3 Å². The van der Waals surface area contributed by atoms with E-state index in [1.54, 1.807) is 0 Å². The molecule has 0 aliphatic carbocycles. The number of hydrogen-bond acceptors (Lipinski definition) is 5. The summed E-state index contributed by atoms with van der Waals surface area (Å²) in [6.07, 6.45) is -3.38. The van der Waals surface area contributed by atoms with Crippen LogP contribution in [0.4, 0.5) is 13.2 Å². The van der Waals surface area contributed by atoms with Crippen molar-refractivity contribution in [1.29, 1.82) is 0 Å². The lowest BCUT2D eigenvalue weighted by molar-refractivity contribution is -0.274. The summed E-state index contributed by atoms with van der Waals surface area (Å²) in [6, 6.07) is 9.51. The van der Waals surface area contributed by atoms with E-state index in [9.17, 15) is 18.0 Å². The highest BCUT2D eigenvalue weighted by Gasteiger charge is 2.31. The van der Waals surface area contributed by atoms with Crippen LogP contribution in [-0.2, 0) is 0 Å². The van der Waals surface area contributed by atoms with Crippen LogP contribution in [0.15, 0.2) is 48.8 Å². The van der Waals surface area contributed by atoms with E-state index in [4.69, 9.17) is 9.84 Å². The third-order valence-corrected chi connectivity index (χ3v) is 3.52. The number of carboxylic acids is 1. The van der Waals surface area contributed by atoms with Crippen LogP contribution in [0.2, 0.25) is 0 Å². The van der Waals surface area contributed by atoms with E-state index < -0.39 is 12.3 Å². The molecule has 0 spiro atoms. The second-order valence-electron chi connectivity index (χ2n) is 5.27. The van der Waals surface area contributed by atoms with Gasteiger partial charge < -0.3 is 14.6 Å².